The first-order chi connectivity index (χ1) is 13.4. The van der Waals surface area contributed by atoms with Crippen LogP contribution in [0.25, 0.3) is 0 Å². The third-order valence-electron chi connectivity index (χ3n) is 3.35. The Morgan fingerprint density at radius 2 is 1.75 bits per heavy atom. The Kier molecular flexibility index (Phi) is 8.21. The molecule has 0 atom stereocenters. The van der Waals surface area contributed by atoms with Crippen LogP contribution in [0.15, 0.2) is 53.4 Å². The predicted octanol–water partition coefficient (Wildman–Crippen LogP) is 3.07. The Balaban J connectivity index is 1.92. The topological polar surface area (TPSA) is 82.3 Å². The summed E-state index contributed by atoms with van der Waals surface area (Å²) in [6, 6.07) is 13.0. The Bertz CT molecular complexity index is 861. The number of anilines is 1. The molecule has 0 aliphatic carbocycles. The molecular formula is C19H21FN4O2S2. The van der Waals surface area contributed by atoms with Gasteiger partial charge in [0.2, 0.25) is 5.91 Å². The number of thiocarbonyl (C=S) groups is 1. The van der Waals surface area contributed by atoms with E-state index >= 15 is 0 Å². The number of rotatable bonds is 6. The Morgan fingerprint density at radius 1 is 1.07 bits per heavy atom. The quantitative estimate of drug-likeness (QED) is 0.327. The normalized spacial score (nSPS) is 10.3. The van der Waals surface area contributed by atoms with Crippen molar-refractivity contribution in [1.82, 2.24) is 16.2 Å². The van der Waals surface area contributed by atoms with Crippen LogP contribution in [0.1, 0.15) is 24.2 Å². The fourth-order valence-electron chi connectivity index (χ4n) is 2.18. The number of carbonyl (C=O) groups is 2. The van der Waals surface area contributed by atoms with Gasteiger partial charge in [0.15, 0.2) is 5.11 Å². The molecule has 0 spiro atoms. The van der Waals surface area contributed by atoms with E-state index in [-0.39, 0.29) is 28.5 Å². The first kappa shape index (κ1) is 21.6. The second kappa shape index (κ2) is 10.6. The molecule has 0 heterocycles. The molecule has 9 heteroatoms. The van der Waals surface area contributed by atoms with Crippen molar-refractivity contribution in [2.24, 2.45) is 0 Å². The van der Waals surface area contributed by atoms with Gasteiger partial charge >= 0.3 is 0 Å². The average Bonchev–Trinajstić information content (AvgIpc) is 2.66. The van der Waals surface area contributed by atoms with Crippen molar-refractivity contribution in [3.63, 3.8) is 0 Å². The van der Waals surface area contributed by atoms with E-state index in [1.54, 1.807) is 36.4 Å². The minimum absolute atomic E-state index is 0.0416. The number of para-hydroxylation sites is 1. The Labute approximate surface area is 172 Å². The van der Waals surface area contributed by atoms with Gasteiger partial charge in [-0.15, -0.1) is 11.8 Å². The van der Waals surface area contributed by atoms with Crippen LogP contribution in [0.3, 0.4) is 0 Å². The minimum Gasteiger partial charge on any atom is -0.353 e. The van der Waals surface area contributed by atoms with E-state index in [2.05, 4.69) is 21.5 Å². The number of carbonyl (C=O) groups excluding carboxylic acids is 2. The Morgan fingerprint density at radius 3 is 2.46 bits per heavy atom. The summed E-state index contributed by atoms with van der Waals surface area (Å²) in [5.74, 6) is -0.795. The highest BCUT2D eigenvalue weighted by atomic mass is 32.2. The summed E-state index contributed by atoms with van der Waals surface area (Å²) in [4.78, 5) is 24.9. The van der Waals surface area contributed by atoms with Gasteiger partial charge in [0.1, 0.15) is 5.82 Å². The van der Waals surface area contributed by atoms with Crippen LogP contribution in [-0.4, -0.2) is 28.7 Å². The summed E-state index contributed by atoms with van der Waals surface area (Å²) in [5.41, 5.74) is 5.60. The van der Waals surface area contributed by atoms with Crippen LogP contribution in [-0.2, 0) is 4.79 Å². The molecule has 4 N–H and O–H groups in total. The lowest BCUT2D eigenvalue weighted by atomic mass is 10.2. The summed E-state index contributed by atoms with van der Waals surface area (Å²) in [5, 5.41) is 5.50. The smallest absolute Gasteiger partial charge is 0.270 e. The van der Waals surface area contributed by atoms with E-state index in [1.807, 2.05) is 13.8 Å². The molecular weight excluding hydrogens is 399 g/mol. The van der Waals surface area contributed by atoms with Gasteiger partial charge in [-0.05, 0) is 50.3 Å². The standard InChI is InChI=1S/C19H21FN4O2S2/c1-12(2)21-17(25)11-28-16-10-6-3-7-13(16)18(26)23-24-19(27)22-15-9-5-4-8-14(15)20/h3-10,12H,11H2,1-2H3,(H,21,25)(H,23,26)(H2,22,24,27). The van der Waals surface area contributed by atoms with Crippen molar-refractivity contribution in [2.45, 2.75) is 24.8 Å². The lowest BCUT2D eigenvalue weighted by molar-refractivity contribution is -0.119. The fraction of sp³-hybridized carbons (Fsp3) is 0.211. The number of thioether (sulfide) groups is 1. The lowest BCUT2D eigenvalue weighted by Crippen LogP contribution is -2.44. The van der Waals surface area contributed by atoms with Gasteiger partial charge in [-0.3, -0.25) is 20.4 Å². The number of hydrogen-bond acceptors (Lipinski definition) is 4. The van der Waals surface area contributed by atoms with Crippen molar-refractivity contribution in [2.75, 3.05) is 11.1 Å². The van der Waals surface area contributed by atoms with Crippen LogP contribution in [0.5, 0.6) is 0 Å². The van der Waals surface area contributed by atoms with Gasteiger partial charge in [0.05, 0.1) is 17.0 Å². The summed E-state index contributed by atoms with van der Waals surface area (Å²) >= 11 is 6.33. The van der Waals surface area contributed by atoms with Gasteiger partial charge in [-0.2, -0.15) is 0 Å². The van der Waals surface area contributed by atoms with Crippen LogP contribution >= 0.6 is 24.0 Å². The average molecular weight is 421 g/mol. The van der Waals surface area contributed by atoms with Crippen molar-refractivity contribution < 1.29 is 14.0 Å². The second-order valence-electron chi connectivity index (χ2n) is 6.02. The summed E-state index contributed by atoms with van der Waals surface area (Å²) in [7, 11) is 0. The van der Waals surface area contributed by atoms with E-state index in [1.165, 1.54) is 23.9 Å². The second-order valence-corrected chi connectivity index (χ2v) is 7.45. The first-order valence-corrected chi connectivity index (χ1v) is 9.89. The van der Waals surface area contributed by atoms with Gasteiger partial charge in [-0.1, -0.05) is 24.3 Å². The highest BCUT2D eigenvalue weighted by Crippen LogP contribution is 2.22. The van der Waals surface area contributed by atoms with Gasteiger partial charge in [-0.25, -0.2) is 4.39 Å². The SMILES string of the molecule is CC(C)NC(=O)CSc1ccccc1C(=O)NNC(=S)Nc1ccccc1F. The van der Waals surface area contributed by atoms with E-state index < -0.39 is 11.7 Å². The molecule has 28 heavy (non-hydrogen) atoms. The molecule has 0 aliphatic heterocycles. The van der Waals surface area contributed by atoms with Crippen LogP contribution < -0.4 is 21.5 Å². The molecule has 0 aromatic heterocycles. The summed E-state index contributed by atoms with van der Waals surface area (Å²) < 4.78 is 13.6. The molecule has 0 aliphatic rings. The summed E-state index contributed by atoms with van der Waals surface area (Å²) in [6.45, 7) is 3.77. The van der Waals surface area contributed by atoms with Crippen molar-refractivity contribution in [3.05, 3.63) is 59.9 Å². The fourth-order valence-corrected chi connectivity index (χ4v) is 3.21. The summed E-state index contributed by atoms with van der Waals surface area (Å²) in [6.07, 6.45) is 0. The van der Waals surface area contributed by atoms with Crippen molar-refractivity contribution in [1.29, 1.82) is 0 Å². The van der Waals surface area contributed by atoms with Crippen LogP contribution in [0.4, 0.5) is 10.1 Å². The third kappa shape index (κ3) is 6.82. The third-order valence-corrected chi connectivity index (χ3v) is 4.63. The maximum Gasteiger partial charge on any atom is 0.270 e. The number of amides is 2. The largest absolute Gasteiger partial charge is 0.353 e. The molecule has 0 saturated carbocycles. The van der Waals surface area contributed by atoms with Crippen molar-refractivity contribution >= 4 is 46.6 Å². The molecule has 0 saturated heterocycles. The highest BCUT2D eigenvalue weighted by Gasteiger charge is 2.13. The van der Waals surface area contributed by atoms with E-state index in [0.717, 1.165) is 0 Å². The van der Waals surface area contributed by atoms with E-state index in [0.29, 0.717) is 10.5 Å². The first-order valence-electron chi connectivity index (χ1n) is 8.50. The minimum atomic E-state index is -0.459. The number of hydrazine groups is 1. The van der Waals surface area contributed by atoms with Gasteiger partial charge < -0.3 is 10.6 Å². The monoisotopic (exact) mass is 420 g/mol. The number of halogens is 1. The van der Waals surface area contributed by atoms with Gasteiger partial charge in [0.25, 0.3) is 5.91 Å². The lowest BCUT2D eigenvalue weighted by Gasteiger charge is -2.14. The number of hydrogen-bond donors (Lipinski definition) is 4. The molecule has 0 fully saturated rings. The predicted molar refractivity (Wildman–Crippen MR) is 114 cm³/mol. The molecule has 2 aromatic rings. The number of nitrogens with one attached hydrogen (secondary N) is 4. The van der Waals surface area contributed by atoms with Gasteiger partial charge in [0, 0.05) is 10.9 Å². The number of benzene rings is 2. The Hall–Kier alpha value is -2.65. The van der Waals surface area contributed by atoms with Crippen LogP contribution in [0.2, 0.25) is 0 Å². The molecule has 6 nitrogen and oxygen atoms in total. The molecule has 0 bridgehead atoms. The molecule has 0 radical (unpaired) electrons. The molecule has 0 unspecified atom stereocenters. The van der Waals surface area contributed by atoms with E-state index in [9.17, 15) is 14.0 Å². The maximum atomic E-state index is 13.6. The van der Waals surface area contributed by atoms with Crippen molar-refractivity contribution in [3.8, 4) is 0 Å². The highest BCUT2D eigenvalue weighted by molar-refractivity contribution is 8.00. The van der Waals surface area contributed by atoms with E-state index in [4.69, 9.17) is 12.2 Å². The maximum absolute atomic E-state index is 13.6. The zero-order valence-corrected chi connectivity index (χ0v) is 17.0. The molecule has 2 aromatic carbocycles. The zero-order valence-electron chi connectivity index (χ0n) is 15.4. The molecule has 148 valence electrons. The molecule has 2 amide bonds. The molecule has 2 rings (SSSR count). The van der Waals surface area contributed by atoms with Crippen LogP contribution in [0, 0.1) is 5.82 Å². The zero-order chi connectivity index (χ0) is 20.5.